The van der Waals surface area contributed by atoms with Gasteiger partial charge in [-0.15, -0.1) is 0 Å². The molecule has 0 bridgehead atoms. The van der Waals surface area contributed by atoms with E-state index in [0.29, 0.717) is 6.42 Å². The van der Waals surface area contributed by atoms with Crippen LogP contribution in [0, 0.1) is 0 Å². The second-order valence-electron chi connectivity index (χ2n) is 6.47. The van der Waals surface area contributed by atoms with E-state index < -0.39 is 0 Å². The number of amides is 1. The van der Waals surface area contributed by atoms with Crippen LogP contribution in [0.25, 0.3) is 10.8 Å². The SMILES string of the molecule is CCCN(CCc1ccccc1)C(=O)Cc1ccc2ccccc2c1. The van der Waals surface area contributed by atoms with E-state index in [1.54, 1.807) is 0 Å². The van der Waals surface area contributed by atoms with Gasteiger partial charge in [-0.1, -0.05) is 79.7 Å². The molecular weight excluding hydrogens is 306 g/mol. The Kier molecular flexibility index (Phi) is 5.84. The molecule has 128 valence electrons. The molecule has 3 aromatic carbocycles. The third-order valence-electron chi connectivity index (χ3n) is 4.53. The highest BCUT2D eigenvalue weighted by Crippen LogP contribution is 2.16. The van der Waals surface area contributed by atoms with E-state index in [1.165, 1.54) is 16.3 Å². The highest BCUT2D eigenvalue weighted by Gasteiger charge is 2.13. The molecule has 0 aromatic heterocycles. The van der Waals surface area contributed by atoms with Gasteiger partial charge in [-0.3, -0.25) is 4.79 Å². The second kappa shape index (κ2) is 8.48. The van der Waals surface area contributed by atoms with Crippen LogP contribution in [0.2, 0.25) is 0 Å². The quantitative estimate of drug-likeness (QED) is 0.605. The zero-order valence-electron chi connectivity index (χ0n) is 14.8. The molecular formula is C23H25NO. The molecule has 0 unspecified atom stereocenters. The number of hydrogen-bond acceptors (Lipinski definition) is 1. The van der Waals surface area contributed by atoms with Crippen molar-refractivity contribution in [2.45, 2.75) is 26.2 Å². The Bertz CT molecular complexity index is 826. The summed E-state index contributed by atoms with van der Waals surface area (Å²) >= 11 is 0. The minimum absolute atomic E-state index is 0.216. The van der Waals surface area contributed by atoms with Crippen LogP contribution in [0.1, 0.15) is 24.5 Å². The predicted octanol–water partition coefficient (Wildman–Crippen LogP) is 4.86. The predicted molar refractivity (Wildman–Crippen MR) is 105 cm³/mol. The Labute approximate surface area is 150 Å². The molecule has 0 fully saturated rings. The monoisotopic (exact) mass is 331 g/mol. The van der Waals surface area contributed by atoms with Crippen LogP contribution < -0.4 is 0 Å². The molecule has 25 heavy (non-hydrogen) atoms. The molecule has 2 nitrogen and oxygen atoms in total. The maximum Gasteiger partial charge on any atom is 0.226 e. The van der Waals surface area contributed by atoms with Gasteiger partial charge in [-0.2, -0.15) is 0 Å². The lowest BCUT2D eigenvalue weighted by Gasteiger charge is -2.22. The third kappa shape index (κ3) is 4.69. The maximum absolute atomic E-state index is 12.8. The van der Waals surface area contributed by atoms with Gasteiger partial charge in [0.15, 0.2) is 0 Å². The molecule has 1 amide bonds. The fraction of sp³-hybridized carbons (Fsp3) is 0.261. The molecule has 0 aliphatic carbocycles. The Morgan fingerprint density at radius 3 is 2.28 bits per heavy atom. The second-order valence-corrected chi connectivity index (χ2v) is 6.47. The fourth-order valence-electron chi connectivity index (χ4n) is 3.18. The van der Waals surface area contributed by atoms with Crippen molar-refractivity contribution in [2.75, 3.05) is 13.1 Å². The van der Waals surface area contributed by atoms with Crippen LogP contribution in [0.4, 0.5) is 0 Å². The van der Waals surface area contributed by atoms with Crippen LogP contribution in [0.3, 0.4) is 0 Å². The molecule has 2 heteroatoms. The zero-order valence-corrected chi connectivity index (χ0v) is 14.8. The van der Waals surface area contributed by atoms with Crippen molar-refractivity contribution >= 4 is 16.7 Å². The first-order valence-electron chi connectivity index (χ1n) is 9.05. The number of nitrogens with zero attached hydrogens (tertiary/aromatic N) is 1. The summed E-state index contributed by atoms with van der Waals surface area (Å²) in [5.41, 5.74) is 2.37. The lowest BCUT2D eigenvalue weighted by atomic mass is 10.0. The average Bonchev–Trinajstić information content (AvgIpc) is 2.65. The van der Waals surface area contributed by atoms with E-state index in [-0.39, 0.29) is 5.91 Å². The maximum atomic E-state index is 12.8. The topological polar surface area (TPSA) is 20.3 Å². The molecule has 0 aliphatic heterocycles. The summed E-state index contributed by atoms with van der Waals surface area (Å²) in [7, 11) is 0. The Balaban J connectivity index is 1.66. The summed E-state index contributed by atoms with van der Waals surface area (Å²) in [6.07, 6.45) is 2.36. The van der Waals surface area contributed by atoms with Crippen molar-refractivity contribution in [3.63, 3.8) is 0 Å². The van der Waals surface area contributed by atoms with Crippen molar-refractivity contribution in [3.05, 3.63) is 83.9 Å². The van der Waals surface area contributed by atoms with Gasteiger partial charge in [0.1, 0.15) is 0 Å². The summed E-state index contributed by atoms with van der Waals surface area (Å²) in [5.74, 6) is 0.216. The van der Waals surface area contributed by atoms with Gasteiger partial charge in [0.2, 0.25) is 5.91 Å². The fourth-order valence-corrected chi connectivity index (χ4v) is 3.18. The highest BCUT2D eigenvalue weighted by atomic mass is 16.2. The number of benzene rings is 3. The van der Waals surface area contributed by atoms with Crippen molar-refractivity contribution in [1.29, 1.82) is 0 Å². The Hall–Kier alpha value is -2.61. The van der Waals surface area contributed by atoms with Crippen LogP contribution >= 0.6 is 0 Å². The smallest absolute Gasteiger partial charge is 0.226 e. The van der Waals surface area contributed by atoms with Gasteiger partial charge < -0.3 is 4.90 Å². The summed E-state index contributed by atoms with van der Waals surface area (Å²) in [6.45, 7) is 3.72. The minimum atomic E-state index is 0.216. The highest BCUT2D eigenvalue weighted by molar-refractivity contribution is 5.85. The Morgan fingerprint density at radius 1 is 0.800 bits per heavy atom. The van der Waals surface area contributed by atoms with Gasteiger partial charge in [0.05, 0.1) is 6.42 Å². The molecule has 0 atom stereocenters. The summed E-state index contributed by atoms with van der Waals surface area (Å²) < 4.78 is 0. The average molecular weight is 331 g/mol. The zero-order chi connectivity index (χ0) is 17.5. The van der Waals surface area contributed by atoms with E-state index in [1.807, 2.05) is 23.1 Å². The van der Waals surface area contributed by atoms with Gasteiger partial charge in [0, 0.05) is 13.1 Å². The molecule has 0 heterocycles. The molecule has 0 radical (unpaired) electrons. The molecule has 3 rings (SSSR count). The number of hydrogen-bond donors (Lipinski definition) is 0. The van der Waals surface area contributed by atoms with Crippen LogP contribution in [0.15, 0.2) is 72.8 Å². The van der Waals surface area contributed by atoms with Gasteiger partial charge in [-0.25, -0.2) is 0 Å². The number of carbonyl (C=O) groups is 1. The van der Waals surface area contributed by atoms with Crippen molar-refractivity contribution < 1.29 is 4.79 Å². The number of fused-ring (bicyclic) bond motifs is 1. The lowest BCUT2D eigenvalue weighted by molar-refractivity contribution is -0.130. The minimum Gasteiger partial charge on any atom is -0.342 e. The lowest BCUT2D eigenvalue weighted by Crippen LogP contribution is -2.34. The van der Waals surface area contributed by atoms with Crippen LogP contribution in [-0.4, -0.2) is 23.9 Å². The number of carbonyl (C=O) groups excluding carboxylic acids is 1. The summed E-state index contributed by atoms with van der Waals surface area (Å²) in [4.78, 5) is 14.8. The first-order chi connectivity index (χ1) is 12.3. The normalized spacial score (nSPS) is 10.8. The van der Waals surface area contributed by atoms with Gasteiger partial charge in [-0.05, 0) is 34.7 Å². The third-order valence-corrected chi connectivity index (χ3v) is 4.53. The standard InChI is InChI=1S/C23H25NO/c1-2-15-24(16-14-19-8-4-3-5-9-19)23(25)18-20-12-13-21-10-6-7-11-22(21)17-20/h3-13,17H,2,14-16,18H2,1H3. The molecule has 0 aliphatic rings. The summed E-state index contributed by atoms with van der Waals surface area (Å²) in [6, 6.07) is 25.0. The van der Waals surface area contributed by atoms with Crippen LogP contribution in [0.5, 0.6) is 0 Å². The van der Waals surface area contributed by atoms with E-state index in [9.17, 15) is 4.79 Å². The van der Waals surface area contributed by atoms with Gasteiger partial charge >= 0.3 is 0 Å². The van der Waals surface area contributed by atoms with Crippen molar-refractivity contribution in [1.82, 2.24) is 4.90 Å². The molecule has 0 N–H and O–H groups in total. The first-order valence-corrected chi connectivity index (χ1v) is 9.05. The Morgan fingerprint density at radius 2 is 1.52 bits per heavy atom. The van der Waals surface area contributed by atoms with E-state index in [4.69, 9.17) is 0 Å². The van der Waals surface area contributed by atoms with E-state index in [0.717, 1.165) is 31.5 Å². The van der Waals surface area contributed by atoms with Crippen molar-refractivity contribution in [2.24, 2.45) is 0 Å². The largest absolute Gasteiger partial charge is 0.342 e. The summed E-state index contributed by atoms with van der Waals surface area (Å²) in [5, 5.41) is 2.41. The number of rotatable bonds is 7. The van der Waals surface area contributed by atoms with Crippen LogP contribution in [-0.2, 0) is 17.6 Å². The molecule has 0 spiro atoms. The van der Waals surface area contributed by atoms with Crippen molar-refractivity contribution in [3.8, 4) is 0 Å². The van der Waals surface area contributed by atoms with Gasteiger partial charge in [0.25, 0.3) is 0 Å². The molecule has 0 saturated heterocycles. The van der Waals surface area contributed by atoms with E-state index in [2.05, 4.69) is 61.5 Å². The van der Waals surface area contributed by atoms with E-state index >= 15 is 0 Å². The first kappa shape index (κ1) is 17.2. The molecule has 0 saturated carbocycles. The molecule has 3 aromatic rings.